The second kappa shape index (κ2) is 9.75. The van der Waals surface area contributed by atoms with Gasteiger partial charge in [0.1, 0.15) is 0 Å². The van der Waals surface area contributed by atoms with Crippen molar-refractivity contribution in [3.8, 4) is 11.3 Å². The van der Waals surface area contributed by atoms with Crippen LogP contribution >= 0.6 is 34.9 Å². The van der Waals surface area contributed by atoms with Crippen LogP contribution in [0.4, 0.5) is 0 Å². The molecule has 9 heteroatoms. The molecule has 0 radical (unpaired) electrons. The molecule has 1 N–H and O–H groups in total. The van der Waals surface area contributed by atoms with E-state index in [0.717, 1.165) is 32.1 Å². The van der Waals surface area contributed by atoms with Crippen LogP contribution in [-0.4, -0.2) is 33.6 Å². The average Bonchev–Trinajstić information content (AvgIpc) is 3.33. The molecule has 0 bridgehead atoms. The maximum atomic E-state index is 11.6. The number of thioether (sulfide) groups is 2. The SMILES string of the molecule is CCCNC(=O)CSc1nnc(SCc2cc(-c3ccccc3)on2)s1. The molecule has 6 nitrogen and oxygen atoms in total. The van der Waals surface area contributed by atoms with Gasteiger partial charge < -0.3 is 9.84 Å². The van der Waals surface area contributed by atoms with Gasteiger partial charge in [0.15, 0.2) is 14.4 Å². The minimum atomic E-state index is 0.0253. The highest BCUT2D eigenvalue weighted by Gasteiger charge is 2.11. The van der Waals surface area contributed by atoms with E-state index < -0.39 is 0 Å². The van der Waals surface area contributed by atoms with Crippen molar-refractivity contribution in [2.24, 2.45) is 0 Å². The topological polar surface area (TPSA) is 80.9 Å². The summed E-state index contributed by atoms with van der Waals surface area (Å²) in [5.74, 6) is 1.81. The molecule has 0 unspecified atom stereocenters. The molecule has 0 atom stereocenters. The van der Waals surface area contributed by atoms with Gasteiger partial charge >= 0.3 is 0 Å². The van der Waals surface area contributed by atoms with Crippen LogP contribution in [0.5, 0.6) is 0 Å². The van der Waals surface area contributed by atoms with Crippen molar-refractivity contribution in [2.75, 3.05) is 12.3 Å². The van der Waals surface area contributed by atoms with Crippen LogP contribution in [0.25, 0.3) is 11.3 Å². The fraction of sp³-hybridized carbons (Fsp3) is 0.294. The molecule has 3 aromatic rings. The number of hydrogen-bond acceptors (Lipinski definition) is 8. The van der Waals surface area contributed by atoms with E-state index in [4.69, 9.17) is 4.52 Å². The lowest BCUT2D eigenvalue weighted by atomic mass is 10.2. The van der Waals surface area contributed by atoms with Crippen molar-refractivity contribution in [1.82, 2.24) is 20.7 Å². The fourth-order valence-electron chi connectivity index (χ4n) is 2.01. The molecule has 136 valence electrons. The summed E-state index contributed by atoms with van der Waals surface area (Å²) < 4.78 is 7.05. The number of hydrogen-bond donors (Lipinski definition) is 1. The second-order valence-electron chi connectivity index (χ2n) is 5.31. The standard InChI is InChI=1S/C17H18N4O2S3/c1-2-8-18-15(22)11-25-17-20-19-16(26-17)24-10-13-9-14(23-21-13)12-6-4-3-5-7-12/h3-7,9H,2,8,10-11H2,1H3,(H,18,22). The number of nitrogens with one attached hydrogen (secondary N) is 1. The van der Waals surface area contributed by atoms with Crippen LogP contribution in [0.1, 0.15) is 19.0 Å². The summed E-state index contributed by atoms with van der Waals surface area (Å²) in [7, 11) is 0. The van der Waals surface area contributed by atoms with Crippen LogP contribution in [0.2, 0.25) is 0 Å². The highest BCUT2D eigenvalue weighted by Crippen LogP contribution is 2.31. The summed E-state index contributed by atoms with van der Waals surface area (Å²) in [6.45, 7) is 2.73. The zero-order valence-corrected chi connectivity index (χ0v) is 16.6. The number of benzene rings is 1. The van der Waals surface area contributed by atoms with Crippen molar-refractivity contribution in [3.05, 3.63) is 42.1 Å². The van der Waals surface area contributed by atoms with E-state index in [1.165, 1.54) is 23.1 Å². The molecule has 0 saturated heterocycles. The Bertz CT molecular complexity index is 835. The summed E-state index contributed by atoms with van der Waals surface area (Å²) in [4.78, 5) is 11.6. The van der Waals surface area contributed by atoms with Crippen molar-refractivity contribution in [3.63, 3.8) is 0 Å². The van der Waals surface area contributed by atoms with Crippen LogP contribution in [0.15, 0.2) is 49.6 Å². The predicted molar refractivity (Wildman–Crippen MR) is 105 cm³/mol. The van der Waals surface area contributed by atoms with Gasteiger partial charge in [-0.05, 0) is 6.42 Å². The Hall–Kier alpha value is -1.84. The van der Waals surface area contributed by atoms with E-state index in [1.807, 2.05) is 43.3 Å². The largest absolute Gasteiger partial charge is 0.356 e. The fourth-order valence-corrected chi connectivity index (χ4v) is 4.74. The third-order valence-electron chi connectivity index (χ3n) is 3.25. The minimum Gasteiger partial charge on any atom is -0.356 e. The highest BCUT2D eigenvalue weighted by atomic mass is 32.2. The van der Waals surface area contributed by atoms with Crippen LogP contribution < -0.4 is 5.32 Å². The van der Waals surface area contributed by atoms with Crippen molar-refractivity contribution in [1.29, 1.82) is 0 Å². The third kappa shape index (κ3) is 5.58. The van der Waals surface area contributed by atoms with E-state index in [2.05, 4.69) is 20.7 Å². The Kier molecular flexibility index (Phi) is 7.10. The van der Waals surface area contributed by atoms with Gasteiger partial charge in [0.2, 0.25) is 5.91 Å². The number of carbonyl (C=O) groups is 1. The smallest absolute Gasteiger partial charge is 0.230 e. The maximum absolute atomic E-state index is 11.6. The number of aromatic nitrogens is 3. The Labute approximate surface area is 164 Å². The quantitative estimate of drug-likeness (QED) is 0.536. The average molecular weight is 407 g/mol. The molecule has 2 aromatic heterocycles. The Balaban J connectivity index is 1.48. The highest BCUT2D eigenvalue weighted by molar-refractivity contribution is 8.03. The Morgan fingerprint density at radius 1 is 1.19 bits per heavy atom. The third-order valence-corrected chi connectivity index (χ3v) is 6.47. The second-order valence-corrected chi connectivity index (χ2v) is 8.73. The number of amides is 1. The summed E-state index contributed by atoms with van der Waals surface area (Å²) in [5, 5.41) is 15.2. The van der Waals surface area contributed by atoms with Crippen molar-refractivity contribution < 1.29 is 9.32 Å². The molecule has 0 aliphatic heterocycles. The van der Waals surface area contributed by atoms with Gasteiger partial charge in [0, 0.05) is 23.9 Å². The molecule has 0 aliphatic carbocycles. The Morgan fingerprint density at radius 2 is 1.96 bits per heavy atom. The summed E-state index contributed by atoms with van der Waals surface area (Å²) in [5.41, 5.74) is 1.87. The lowest BCUT2D eigenvalue weighted by molar-refractivity contribution is -0.118. The first kappa shape index (κ1) is 18.9. The number of nitrogens with zero attached hydrogens (tertiary/aromatic N) is 3. The van der Waals surface area contributed by atoms with Gasteiger partial charge in [-0.1, -0.05) is 77.3 Å². The first-order chi connectivity index (χ1) is 12.7. The molecule has 1 aromatic carbocycles. The van der Waals surface area contributed by atoms with Gasteiger partial charge in [-0.15, -0.1) is 10.2 Å². The van der Waals surface area contributed by atoms with E-state index >= 15 is 0 Å². The molecule has 0 aliphatic rings. The van der Waals surface area contributed by atoms with Crippen molar-refractivity contribution >= 4 is 40.8 Å². The predicted octanol–water partition coefficient (Wildman–Crippen LogP) is 4.10. The number of rotatable bonds is 9. The van der Waals surface area contributed by atoms with Crippen molar-refractivity contribution in [2.45, 2.75) is 27.8 Å². The molecule has 0 saturated carbocycles. The van der Waals surface area contributed by atoms with Gasteiger partial charge in [0.25, 0.3) is 0 Å². The van der Waals surface area contributed by atoms with Crippen LogP contribution in [0.3, 0.4) is 0 Å². The molecular weight excluding hydrogens is 388 g/mol. The molecule has 1 amide bonds. The van der Waals surface area contributed by atoms with Gasteiger partial charge in [0.05, 0.1) is 11.4 Å². The van der Waals surface area contributed by atoms with Gasteiger partial charge in [-0.2, -0.15) is 0 Å². The van der Waals surface area contributed by atoms with E-state index in [0.29, 0.717) is 18.1 Å². The summed E-state index contributed by atoms with van der Waals surface area (Å²) >= 11 is 4.45. The lowest BCUT2D eigenvalue weighted by Crippen LogP contribution is -2.25. The maximum Gasteiger partial charge on any atom is 0.230 e. The van der Waals surface area contributed by atoms with Crippen LogP contribution in [-0.2, 0) is 10.5 Å². The summed E-state index contributed by atoms with van der Waals surface area (Å²) in [6.07, 6.45) is 0.935. The van der Waals surface area contributed by atoms with E-state index in [1.54, 1.807) is 11.8 Å². The molecular formula is C17H18N4O2S3. The van der Waals surface area contributed by atoms with Crippen LogP contribution in [0, 0.1) is 0 Å². The van der Waals surface area contributed by atoms with E-state index in [9.17, 15) is 4.79 Å². The van der Waals surface area contributed by atoms with Gasteiger partial charge in [-0.25, -0.2) is 0 Å². The first-order valence-electron chi connectivity index (χ1n) is 8.11. The molecule has 2 heterocycles. The minimum absolute atomic E-state index is 0.0253. The summed E-state index contributed by atoms with van der Waals surface area (Å²) in [6, 6.07) is 11.8. The normalized spacial score (nSPS) is 10.8. The Morgan fingerprint density at radius 3 is 2.73 bits per heavy atom. The van der Waals surface area contributed by atoms with E-state index in [-0.39, 0.29) is 5.91 Å². The lowest BCUT2D eigenvalue weighted by Gasteiger charge is -2.00. The molecule has 26 heavy (non-hydrogen) atoms. The zero-order chi connectivity index (χ0) is 18.2. The zero-order valence-electron chi connectivity index (χ0n) is 14.2. The monoisotopic (exact) mass is 406 g/mol. The molecule has 0 spiro atoms. The first-order valence-corrected chi connectivity index (χ1v) is 10.9. The molecule has 0 fully saturated rings. The van der Waals surface area contributed by atoms with Gasteiger partial charge in [-0.3, -0.25) is 4.79 Å². The molecule has 3 rings (SSSR count). The number of carbonyl (C=O) groups excluding carboxylic acids is 1.